The maximum Gasteiger partial charge on any atom is 0.244 e. The maximum absolute atomic E-state index is 13.1. The van der Waals surface area contributed by atoms with Crippen LogP contribution in [0.5, 0.6) is 0 Å². The summed E-state index contributed by atoms with van der Waals surface area (Å²) in [6, 6.07) is 2.15. The zero-order chi connectivity index (χ0) is 14.0. The molecule has 104 valence electrons. The lowest BCUT2D eigenvalue weighted by Crippen LogP contribution is -2.39. The minimum Gasteiger partial charge on any atom is -0.372 e. The monoisotopic (exact) mass is 348 g/mol. The molecule has 1 aromatic rings. The molecule has 1 saturated heterocycles. The highest BCUT2D eigenvalue weighted by Crippen LogP contribution is 2.32. The molecule has 1 atom stereocenters. The number of rotatable bonds is 3. The number of anilines is 1. The van der Waals surface area contributed by atoms with Gasteiger partial charge in [0.15, 0.2) is 0 Å². The summed E-state index contributed by atoms with van der Waals surface area (Å²) in [5.74, 6) is -0.370. The van der Waals surface area contributed by atoms with Gasteiger partial charge in [-0.3, -0.25) is 4.79 Å². The van der Waals surface area contributed by atoms with Gasteiger partial charge in [-0.25, -0.2) is 4.39 Å². The number of hydrogen-bond acceptors (Lipinski definition) is 2. The van der Waals surface area contributed by atoms with Crippen LogP contribution >= 0.6 is 27.5 Å². The topological polar surface area (TPSA) is 32.3 Å². The van der Waals surface area contributed by atoms with Crippen LogP contribution in [0.3, 0.4) is 0 Å². The number of carbonyl (C=O) groups excluding carboxylic acids is 1. The number of nitrogens with one attached hydrogen (secondary N) is 1. The van der Waals surface area contributed by atoms with Crippen molar-refractivity contribution in [1.29, 1.82) is 0 Å². The largest absolute Gasteiger partial charge is 0.372 e. The lowest BCUT2D eigenvalue weighted by molar-refractivity contribution is -0.130. The molecule has 1 unspecified atom stereocenters. The minimum absolute atomic E-state index is 0.0461. The van der Waals surface area contributed by atoms with Crippen molar-refractivity contribution in [3.63, 3.8) is 0 Å². The summed E-state index contributed by atoms with van der Waals surface area (Å²) in [5.41, 5.74) is 0.545. The lowest BCUT2D eigenvalue weighted by Gasteiger charge is -2.22. The fourth-order valence-corrected chi connectivity index (χ4v) is 3.09. The Kier molecular flexibility index (Phi) is 4.68. The van der Waals surface area contributed by atoms with Gasteiger partial charge in [0.25, 0.3) is 0 Å². The minimum atomic E-state index is -0.416. The molecule has 0 aliphatic carbocycles. The van der Waals surface area contributed by atoms with E-state index < -0.39 is 11.9 Å². The van der Waals surface area contributed by atoms with E-state index in [2.05, 4.69) is 21.2 Å². The fraction of sp³-hybridized carbons (Fsp3) is 0.462. The number of hydrogen-bond donors (Lipinski definition) is 1. The van der Waals surface area contributed by atoms with Crippen molar-refractivity contribution in [3.8, 4) is 0 Å². The first kappa shape index (κ1) is 14.6. The highest BCUT2D eigenvalue weighted by Gasteiger charge is 2.24. The smallest absolute Gasteiger partial charge is 0.244 e. The van der Waals surface area contributed by atoms with Crippen LogP contribution in [0.2, 0.25) is 5.02 Å². The number of amides is 1. The van der Waals surface area contributed by atoms with Crippen LogP contribution in [0, 0.1) is 5.82 Å². The van der Waals surface area contributed by atoms with E-state index in [9.17, 15) is 9.18 Å². The van der Waals surface area contributed by atoms with E-state index in [1.54, 1.807) is 6.92 Å². The Hall–Kier alpha value is -0.810. The standard InChI is InChI=1S/C13H15BrClFN2O/c1-8(13(19)18-4-2-3-5-18)17-12-10(14)6-9(16)7-11(12)15/h6-8,17H,2-5H2,1H3. The molecule has 1 amide bonds. The van der Waals surface area contributed by atoms with Crippen LogP contribution in [0.15, 0.2) is 16.6 Å². The highest BCUT2D eigenvalue weighted by molar-refractivity contribution is 9.10. The quantitative estimate of drug-likeness (QED) is 0.903. The number of halogens is 3. The normalized spacial score (nSPS) is 16.5. The van der Waals surface area contributed by atoms with Gasteiger partial charge in [0, 0.05) is 17.6 Å². The molecular formula is C13H15BrClFN2O. The first-order valence-electron chi connectivity index (χ1n) is 6.19. The summed E-state index contributed by atoms with van der Waals surface area (Å²) in [5, 5.41) is 3.30. The molecule has 19 heavy (non-hydrogen) atoms. The average Bonchev–Trinajstić information content (AvgIpc) is 2.86. The average molecular weight is 350 g/mol. The highest BCUT2D eigenvalue weighted by atomic mass is 79.9. The van der Waals surface area contributed by atoms with Crippen LogP contribution in [-0.4, -0.2) is 29.9 Å². The third-order valence-electron chi connectivity index (χ3n) is 3.16. The van der Waals surface area contributed by atoms with E-state index >= 15 is 0 Å². The summed E-state index contributed by atoms with van der Waals surface area (Å²) >= 11 is 9.23. The van der Waals surface area contributed by atoms with Gasteiger partial charge in [-0.15, -0.1) is 0 Å². The molecule has 0 radical (unpaired) electrons. The maximum atomic E-state index is 13.1. The fourth-order valence-electron chi connectivity index (χ4n) is 2.17. The molecule has 6 heteroatoms. The summed E-state index contributed by atoms with van der Waals surface area (Å²) < 4.78 is 13.6. The number of carbonyl (C=O) groups is 1. The first-order chi connectivity index (χ1) is 8.99. The van der Waals surface area contributed by atoms with E-state index in [0.29, 0.717) is 10.2 Å². The molecule has 1 aliphatic rings. The van der Waals surface area contributed by atoms with Gasteiger partial charge < -0.3 is 10.2 Å². The van der Waals surface area contributed by atoms with Gasteiger partial charge in [0.2, 0.25) is 5.91 Å². The van der Waals surface area contributed by atoms with E-state index in [0.717, 1.165) is 25.9 Å². The molecule has 1 aromatic carbocycles. The van der Waals surface area contributed by atoms with E-state index in [4.69, 9.17) is 11.6 Å². The van der Waals surface area contributed by atoms with Gasteiger partial charge >= 0.3 is 0 Å². The molecule has 0 spiro atoms. The van der Waals surface area contributed by atoms with Gasteiger partial charge in [-0.2, -0.15) is 0 Å². The van der Waals surface area contributed by atoms with Crippen LogP contribution in [0.1, 0.15) is 19.8 Å². The molecular weight excluding hydrogens is 335 g/mol. The Bertz CT molecular complexity index is 469. The van der Waals surface area contributed by atoms with Crippen molar-refractivity contribution in [1.82, 2.24) is 4.90 Å². The second-order valence-electron chi connectivity index (χ2n) is 4.64. The van der Waals surface area contributed by atoms with Crippen molar-refractivity contribution in [2.24, 2.45) is 0 Å². The van der Waals surface area contributed by atoms with E-state index in [1.165, 1.54) is 12.1 Å². The summed E-state index contributed by atoms with van der Waals surface area (Å²) in [4.78, 5) is 14.0. The lowest BCUT2D eigenvalue weighted by atomic mass is 10.2. The van der Waals surface area contributed by atoms with Crippen molar-refractivity contribution in [2.45, 2.75) is 25.8 Å². The molecule has 3 nitrogen and oxygen atoms in total. The summed E-state index contributed by atoms with van der Waals surface area (Å²) in [7, 11) is 0. The van der Waals surface area contributed by atoms with Crippen molar-refractivity contribution >= 4 is 39.1 Å². The zero-order valence-electron chi connectivity index (χ0n) is 10.5. The van der Waals surface area contributed by atoms with Crippen molar-refractivity contribution in [2.75, 3.05) is 18.4 Å². The van der Waals surface area contributed by atoms with Crippen LogP contribution in [-0.2, 0) is 4.79 Å². The van der Waals surface area contributed by atoms with Crippen LogP contribution in [0.4, 0.5) is 10.1 Å². The van der Waals surface area contributed by atoms with E-state index in [-0.39, 0.29) is 10.9 Å². The SMILES string of the molecule is CC(Nc1c(Cl)cc(F)cc1Br)C(=O)N1CCCC1. The van der Waals surface area contributed by atoms with Crippen molar-refractivity contribution in [3.05, 3.63) is 27.4 Å². The van der Waals surface area contributed by atoms with Crippen molar-refractivity contribution < 1.29 is 9.18 Å². The van der Waals surface area contributed by atoms with Crippen LogP contribution < -0.4 is 5.32 Å². The second kappa shape index (κ2) is 6.09. The zero-order valence-corrected chi connectivity index (χ0v) is 12.9. The van der Waals surface area contributed by atoms with Gasteiger partial charge in [0.1, 0.15) is 11.9 Å². The Morgan fingerprint density at radius 1 is 1.47 bits per heavy atom. The molecule has 1 N–H and O–H groups in total. The third kappa shape index (κ3) is 3.39. The Morgan fingerprint density at radius 2 is 2.11 bits per heavy atom. The molecule has 1 aliphatic heterocycles. The van der Waals surface area contributed by atoms with E-state index in [1.807, 2.05) is 4.90 Å². The number of benzene rings is 1. The second-order valence-corrected chi connectivity index (χ2v) is 5.90. The number of likely N-dealkylation sites (tertiary alicyclic amines) is 1. The molecule has 0 bridgehead atoms. The van der Waals surface area contributed by atoms with Gasteiger partial charge in [0.05, 0.1) is 10.7 Å². The summed E-state index contributed by atoms with van der Waals surface area (Å²) in [6.07, 6.45) is 2.11. The predicted molar refractivity (Wildman–Crippen MR) is 78.0 cm³/mol. The Labute approximate surface area is 125 Å². The summed E-state index contributed by atoms with van der Waals surface area (Å²) in [6.45, 7) is 3.40. The van der Waals surface area contributed by atoms with Gasteiger partial charge in [-0.05, 0) is 47.8 Å². The molecule has 1 fully saturated rings. The molecule has 2 rings (SSSR count). The Morgan fingerprint density at radius 3 is 2.68 bits per heavy atom. The molecule has 1 heterocycles. The third-order valence-corrected chi connectivity index (χ3v) is 4.08. The number of nitrogens with zero attached hydrogens (tertiary/aromatic N) is 1. The molecule has 0 saturated carbocycles. The van der Waals surface area contributed by atoms with Crippen LogP contribution in [0.25, 0.3) is 0 Å². The predicted octanol–water partition coefficient (Wildman–Crippen LogP) is 3.66. The van der Waals surface area contributed by atoms with Gasteiger partial charge in [-0.1, -0.05) is 11.6 Å². The first-order valence-corrected chi connectivity index (χ1v) is 7.36. The Balaban J connectivity index is 2.10. The molecule has 0 aromatic heterocycles.